The molecular weight excluding hydrogens is 266 g/mol. The van der Waals surface area contributed by atoms with Gasteiger partial charge in [0.15, 0.2) is 5.13 Å². The fourth-order valence-corrected chi connectivity index (χ4v) is 3.80. The van der Waals surface area contributed by atoms with Gasteiger partial charge < -0.3 is 10.2 Å². The zero-order valence-electron chi connectivity index (χ0n) is 13.4. The van der Waals surface area contributed by atoms with Crippen LogP contribution in [0.1, 0.15) is 52.1 Å². The highest BCUT2D eigenvalue weighted by atomic mass is 32.1. The Morgan fingerprint density at radius 3 is 2.95 bits per heavy atom. The lowest BCUT2D eigenvalue weighted by Gasteiger charge is -2.33. The van der Waals surface area contributed by atoms with Crippen molar-refractivity contribution >= 4 is 16.5 Å². The van der Waals surface area contributed by atoms with E-state index < -0.39 is 0 Å². The van der Waals surface area contributed by atoms with Crippen LogP contribution in [0.15, 0.2) is 5.38 Å². The Morgan fingerprint density at radius 1 is 1.45 bits per heavy atom. The van der Waals surface area contributed by atoms with Crippen LogP contribution < -0.4 is 10.2 Å². The van der Waals surface area contributed by atoms with Crippen molar-refractivity contribution in [1.29, 1.82) is 0 Å². The van der Waals surface area contributed by atoms with Crippen LogP contribution in [0.3, 0.4) is 0 Å². The Bertz CT molecular complexity index is 402. The monoisotopic (exact) mass is 295 g/mol. The van der Waals surface area contributed by atoms with Crippen LogP contribution in [0, 0.1) is 11.8 Å². The number of hydrogen-bond donors (Lipinski definition) is 1. The largest absolute Gasteiger partial charge is 0.348 e. The molecule has 20 heavy (non-hydrogen) atoms. The Balaban J connectivity index is 1.87. The highest BCUT2D eigenvalue weighted by molar-refractivity contribution is 7.13. The van der Waals surface area contributed by atoms with E-state index in [-0.39, 0.29) is 0 Å². The maximum atomic E-state index is 4.79. The summed E-state index contributed by atoms with van der Waals surface area (Å²) in [6, 6.07) is 0.682. The highest BCUT2D eigenvalue weighted by Gasteiger charge is 2.24. The van der Waals surface area contributed by atoms with Gasteiger partial charge in [0.1, 0.15) is 0 Å². The highest BCUT2D eigenvalue weighted by Crippen LogP contribution is 2.30. The molecule has 4 heteroatoms. The van der Waals surface area contributed by atoms with Crippen molar-refractivity contribution in [3.8, 4) is 0 Å². The van der Waals surface area contributed by atoms with Crippen molar-refractivity contribution in [3.63, 3.8) is 0 Å². The molecule has 0 amide bonds. The van der Waals surface area contributed by atoms with Gasteiger partial charge in [-0.25, -0.2) is 4.98 Å². The Morgan fingerprint density at radius 2 is 2.25 bits per heavy atom. The molecule has 1 heterocycles. The lowest BCUT2D eigenvalue weighted by Crippen LogP contribution is -2.35. The van der Waals surface area contributed by atoms with Crippen LogP contribution in [0.5, 0.6) is 0 Å². The molecule has 0 aliphatic heterocycles. The van der Waals surface area contributed by atoms with Crippen LogP contribution in [-0.2, 0) is 6.54 Å². The van der Waals surface area contributed by atoms with Gasteiger partial charge in [-0.05, 0) is 31.2 Å². The number of nitrogens with one attached hydrogen (secondary N) is 1. The van der Waals surface area contributed by atoms with E-state index in [0.717, 1.165) is 19.0 Å². The van der Waals surface area contributed by atoms with Gasteiger partial charge in [-0.2, -0.15) is 0 Å². The molecule has 0 spiro atoms. The number of anilines is 1. The first-order chi connectivity index (χ1) is 9.56. The van der Waals surface area contributed by atoms with E-state index in [4.69, 9.17) is 4.98 Å². The van der Waals surface area contributed by atoms with E-state index in [1.165, 1.54) is 36.5 Å². The fraction of sp³-hybridized carbons (Fsp3) is 0.812. The first-order valence-corrected chi connectivity index (χ1v) is 8.82. The second-order valence-corrected chi connectivity index (χ2v) is 7.52. The summed E-state index contributed by atoms with van der Waals surface area (Å²) >= 11 is 1.79. The lowest BCUT2D eigenvalue weighted by molar-refractivity contribution is 0.336. The fourth-order valence-electron chi connectivity index (χ4n) is 2.94. The third kappa shape index (κ3) is 4.45. The van der Waals surface area contributed by atoms with Crippen molar-refractivity contribution in [2.75, 3.05) is 18.5 Å². The van der Waals surface area contributed by atoms with E-state index in [0.29, 0.717) is 12.0 Å². The molecule has 1 fully saturated rings. The number of rotatable bonds is 6. The van der Waals surface area contributed by atoms with Crippen LogP contribution in [0.4, 0.5) is 5.13 Å². The number of thiazole rings is 1. The molecule has 3 nitrogen and oxygen atoms in total. The topological polar surface area (TPSA) is 28.2 Å². The average molecular weight is 295 g/mol. The van der Waals surface area contributed by atoms with Crippen LogP contribution in [0.2, 0.25) is 0 Å². The van der Waals surface area contributed by atoms with Gasteiger partial charge in [-0.3, -0.25) is 0 Å². The van der Waals surface area contributed by atoms with Gasteiger partial charge in [-0.15, -0.1) is 11.3 Å². The smallest absolute Gasteiger partial charge is 0.185 e. The minimum absolute atomic E-state index is 0.682. The summed E-state index contributed by atoms with van der Waals surface area (Å²) in [6.45, 7) is 8.80. The standard InChI is InChI=1S/C16H29N3S/c1-12(2)9-17-10-14-11-20-16(18-14)19(4)15-7-5-6-13(3)8-15/h11-13,15,17H,5-10H2,1-4H3. The summed E-state index contributed by atoms with van der Waals surface area (Å²) < 4.78 is 0. The predicted octanol–water partition coefficient (Wildman–Crippen LogP) is 3.90. The summed E-state index contributed by atoms with van der Waals surface area (Å²) in [5, 5.41) is 6.85. The second-order valence-electron chi connectivity index (χ2n) is 6.68. The zero-order chi connectivity index (χ0) is 14.5. The number of aromatic nitrogens is 1. The minimum atomic E-state index is 0.682. The molecule has 1 aromatic rings. The van der Waals surface area contributed by atoms with Crippen molar-refractivity contribution in [1.82, 2.24) is 10.3 Å². The quantitative estimate of drug-likeness (QED) is 0.862. The number of nitrogens with zero attached hydrogens (tertiary/aromatic N) is 2. The van der Waals surface area contributed by atoms with Crippen molar-refractivity contribution in [2.24, 2.45) is 11.8 Å². The van der Waals surface area contributed by atoms with Crippen LogP contribution >= 0.6 is 11.3 Å². The van der Waals surface area contributed by atoms with E-state index in [1.807, 2.05) is 0 Å². The van der Waals surface area contributed by atoms with Gasteiger partial charge in [0, 0.05) is 25.0 Å². The first kappa shape index (κ1) is 15.8. The van der Waals surface area contributed by atoms with E-state index in [2.05, 4.69) is 43.4 Å². The average Bonchev–Trinajstić information content (AvgIpc) is 2.86. The van der Waals surface area contributed by atoms with Gasteiger partial charge in [0.05, 0.1) is 5.69 Å². The van der Waals surface area contributed by atoms with Crippen molar-refractivity contribution in [2.45, 2.75) is 59.0 Å². The Labute approximate surface area is 127 Å². The molecule has 2 atom stereocenters. The van der Waals surface area contributed by atoms with Crippen molar-refractivity contribution in [3.05, 3.63) is 11.1 Å². The normalized spacial score (nSPS) is 23.2. The molecule has 1 saturated carbocycles. The maximum Gasteiger partial charge on any atom is 0.185 e. The van der Waals surface area contributed by atoms with Gasteiger partial charge in [0.25, 0.3) is 0 Å². The summed E-state index contributed by atoms with van der Waals surface area (Å²) in [5.74, 6) is 1.56. The van der Waals surface area contributed by atoms with Crippen LogP contribution in [0.25, 0.3) is 0 Å². The molecule has 0 radical (unpaired) electrons. The van der Waals surface area contributed by atoms with Crippen molar-refractivity contribution < 1.29 is 0 Å². The number of hydrogen-bond acceptors (Lipinski definition) is 4. The maximum absolute atomic E-state index is 4.79. The van der Waals surface area contributed by atoms with E-state index in [1.54, 1.807) is 11.3 Å². The van der Waals surface area contributed by atoms with Gasteiger partial charge in [0.2, 0.25) is 0 Å². The van der Waals surface area contributed by atoms with Gasteiger partial charge in [-0.1, -0.05) is 33.6 Å². The summed E-state index contributed by atoms with van der Waals surface area (Å²) in [6.07, 6.45) is 5.40. The predicted molar refractivity (Wildman–Crippen MR) is 88.5 cm³/mol. The lowest BCUT2D eigenvalue weighted by atomic mass is 9.86. The Hall–Kier alpha value is -0.610. The molecule has 0 aromatic carbocycles. The molecular formula is C16H29N3S. The summed E-state index contributed by atoms with van der Waals surface area (Å²) in [5.41, 5.74) is 1.18. The van der Waals surface area contributed by atoms with Gasteiger partial charge >= 0.3 is 0 Å². The molecule has 2 rings (SSSR count). The SMILES string of the molecule is CC(C)CNCc1csc(N(C)C2CCCC(C)C2)n1. The second kappa shape index (κ2) is 7.41. The molecule has 114 valence electrons. The van der Waals surface area contributed by atoms with E-state index in [9.17, 15) is 0 Å². The molecule has 1 N–H and O–H groups in total. The summed E-state index contributed by atoms with van der Waals surface area (Å²) in [7, 11) is 2.22. The zero-order valence-corrected chi connectivity index (χ0v) is 14.2. The Kier molecular flexibility index (Phi) is 5.85. The molecule has 2 unspecified atom stereocenters. The third-order valence-electron chi connectivity index (χ3n) is 4.16. The molecule has 1 aromatic heterocycles. The molecule has 1 aliphatic rings. The molecule has 0 saturated heterocycles. The molecule has 0 bridgehead atoms. The third-order valence-corrected chi connectivity index (χ3v) is 5.14. The minimum Gasteiger partial charge on any atom is -0.348 e. The first-order valence-electron chi connectivity index (χ1n) is 7.94. The summed E-state index contributed by atoms with van der Waals surface area (Å²) in [4.78, 5) is 7.20. The van der Waals surface area contributed by atoms with E-state index >= 15 is 0 Å². The van der Waals surface area contributed by atoms with Crippen LogP contribution in [-0.4, -0.2) is 24.6 Å². The molecule has 1 aliphatic carbocycles.